The van der Waals surface area contributed by atoms with Crippen molar-refractivity contribution in [2.75, 3.05) is 12.9 Å². The summed E-state index contributed by atoms with van der Waals surface area (Å²) in [6.45, 7) is 6.34. The molecular weight excluding hydrogens is 420 g/mol. The van der Waals surface area contributed by atoms with Crippen LogP contribution in [-0.4, -0.2) is 31.8 Å². The molecule has 1 aromatic heterocycles. The van der Waals surface area contributed by atoms with E-state index in [1.165, 1.54) is 30.6 Å². The Morgan fingerprint density at radius 3 is 2.63 bits per heavy atom. The number of carbonyl (C=O) groups excluding carboxylic acids is 1. The highest BCUT2D eigenvalue weighted by molar-refractivity contribution is 7.91. The molecule has 0 saturated carbocycles. The first kappa shape index (κ1) is 22.0. The van der Waals surface area contributed by atoms with Gasteiger partial charge in [0, 0.05) is 13.0 Å². The van der Waals surface area contributed by atoms with E-state index in [0.717, 1.165) is 15.8 Å². The van der Waals surface area contributed by atoms with Gasteiger partial charge in [0.05, 0.1) is 28.0 Å². The summed E-state index contributed by atoms with van der Waals surface area (Å²) in [7, 11) is -1.94. The molecule has 3 rings (SSSR count). The SMILES string of the molecule is C=CCn1c(=NC(=O)CCCS(=O)(=O)c2ccc(OC)cc2)sc2cc(C)ccc21. The highest BCUT2D eigenvalue weighted by Gasteiger charge is 2.15. The number of hydrogen-bond donors (Lipinski definition) is 0. The van der Waals surface area contributed by atoms with Crippen LogP contribution in [0.2, 0.25) is 0 Å². The molecule has 8 heteroatoms. The van der Waals surface area contributed by atoms with Gasteiger partial charge in [-0.3, -0.25) is 4.79 Å². The van der Waals surface area contributed by atoms with Crippen molar-refractivity contribution in [3.8, 4) is 5.75 Å². The molecule has 0 radical (unpaired) electrons. The molecule has 0 bridgehead atoms. The summed E-state index contributed by atoms with van der Waals surface area (Å²) in [6, 6.07) is 12.3. The molecule has 2 aromatic carbocycles. The lowest BCUT2D eigenvalue weighted by Gasteiger charge is -2.05. The van der Waals surface area contributed by atoms with Gasteiger partial charge in [-0.05, 0) is 55.3 Å². The van der Waals surface area contributed by atoms with Crippen molar-refractivity contribution >= 4 is 37.3 Å². The molecule has 0 aliphatic heterocycles. The van der Waals surface area contributed by atoms with Crippen molar-refractivity contribution in [3.05, 3.63) is 65.5 Å². The molecule has 6 nitrogen and oxygen atoms in total. The van der Waals surface area contributed by atoms with Crippen LogP contribution in [0.4, 0.5) is 0 Å². The first-order valence-electron chi connectivity index (χ1n) is 9.49. The van der Waals surface area contributed by atoms with Crippen LogP contribution in [0, 0.1) is 6.92 Å². The van der Waals surface area contributed by atoms with Crippen LogP contribution in [0.5, 0.6) is 5.75 Å². The average Bonchev–Trinajstić information content (AvgIpc) is 3.04. The number of ether oxygens (including phenoxy) is 1. The highest BCUT2D eigenvalue weighted by atomic mass is 32.2. The maximum atomic E-state index is 12.5. The maximum absolute atomic E-state index is 12.5. The lowest BCUT2D eigenvalue weighted by Crippen LogP contribution is -2.16. The van der Waals surface area contributed by atoms with Crippen LogP contribution >= 0.6 is 11.3 Å². The Bertz CT molecular complexity index is 1240. The van der Waals surface area contributed by atoms with Gasteiger partial charge < -0.3 is 9.30 Å². The fourth-order valence-electron chi connectivity index (χ4n) is 3.05. The maximum Gasteiger partial charge on any atom is 0.248 e. The number of allylic oxidation sites excluding steroid dienone is 1. The van der Waals surface area contributed by atoms with Gasteiger partial charge >= 0.3 is 0 Å². The molecule has 0 aliphatic carbocycles. The van der Waals surface area contributed by atoms with E-state index in [0.29, 0.717) is 17.1 Å². The van der Waals surface area contributed by atoms with Crippen LogP contribution in [0.3, 0.4) is 0 Å². The Balaban J connectivity index is 1.72. The van der Waals surface area contributed by atoms with Crippen LogP contribution < -0.4 is 9.54 Å². The number of sulfone groups is 1. The Morgan fingerprint density at radius 2 is 1.97 bits per heavy atom. The van der Waals surface area contributed by atoms with Gasteiger partial charge in [-0.1, -0.05) is 23.5 Å². The molecule has 0 unspecified atom stereocenters. The zero-order valence-corrected chi connectivity index (χ0v) is 18.6. The van der Waals surface area contributed by atoms with Crippen LogP contribution in [0.1, 0.15) is 18.4 Å². The summed E-state index contributed by atoms with van der Waals surface area (Å²) < 4.78 is 33.0. The van der Waals surface area contributed by atoms with E-state index in [4.69, 9.17) is 4.74 Å². The zero-order chi connectivity index (χ0) is 21.7. The predicted molar refractivity (Wildman–Crippen MR) is 120 cm³/mol. The monoisotopic (exact) mass is 444 g/mol. The number of benzene rings is 2. The number of methoxy groups -OCH3 is 1. The molecule has 0 fully saturated rings. The van der Waals surface area contributed by atoms with Crippen molar-refractivity contribution < 1.29 is 17.9 Å². The molecule has 1 amide bonds. The first-order chi connectivity index (χ1) is 14.3. The number of carbonyl (C=O) groups is 1. The largest absolute Gasteiger partial charge is 0.497 e. The minimum Gasteiger partial charge on any atom is -0.497 e. The van der Waals surface area contributed by atoms with E-state index in [1.807, 2.05) is 23.6 Å². The van der Waals surface area contributed by atoms with Crippen LogP contribution in [0.25, 0.3) is 10.2 Å². The van der Waals surface area contributed by atoms with E-state index >= 15 is 0 Å². The summed E-state index contributed by atoms with van der Waals surface area (Å²) in [5.41, 5.74) is 2.13. The fraction of sp³-hybridized carbons (Fsp3) is 0.273. The van der Waals surface area contributed by atoms with Gasteiger partial charge in [0.1, 0.15) is 5.75 Å². The average molecular weight is 445 g/mol. The second-order valence-corrected chi connectivity index (χ2v) is 9.98. The van der Waals surface area contributed by atoms with Crippen molar-refractivity contribution in [2.45, 2.75) is 31.2 Å². The van der Waals surface area contributed by atoms with Gasteiger partial charge in [0.15, 0.2) is 14.6 Å². The molecule has 0 saturated heterocycles. The quantitative estimate of drug-likeness (QED) is 0.494. The first-order valence-corrected chi connectivity index (χ1v) is 12.0. The van der Waals surface area contributed by atoms with Crippen molar-refractivity contribution in [1.29, 1.82) is 0 Å². The number of aromatic nitrogens is 1. The zero-order valence-electron chi connectivity index (χ0n) is 17.0. The Hall–Kier alpha value is -2.71. The van der Waals surface area contributed by atoms with Crippen LogP contribution in [-0.2, 0) is 21.2 Å². The molecule has 3 aromatic rings. The number of amides is 1. The number of nitrogens with zero attached hydrogens (tertiary/aromatic N) is 2. The third kappa shape index (κ3) is 5.06. The number of rotatable bonds is 8. The van der Waals surface area contributed by atoms with Gasteiger partial charge in [-0.15, -0.1) is 6.58 Å². The summed E-state index contributed by atoms with van der Waals surface area (Å²) in [4.78, 5) is 17.5. The highest BCUT2D eigenvalue weighted by Crippen LogP contribution is 2.20. The van der Waals surface area contributed by atoms with E-state index < -0.39 is 9.84 Å². The third-order valence-corrected chi connectivity index (χ3v) is 7.45. The molecule has 0 spiro atoms. The molecule has 0 N–H and O–H groups in total. The van der Waals surface area contributed by atoms with Crippen molar-refractivity contribution in [2.24, 2.45) is 4.99 Å². The molecular formula is C22H24N2O4S2. The summed E-state index contributed by atoms with van der Waals surface area (Å²) in [5, 5.41) is 0. The van der Waals surface area contributed by atoms with Gasteiger partial charge in [-0.25, -0.2) is 8.42 Å². The van der Waals surface area contributed by atoms with Crippen molar-refractivity contribution in [3.63, 3.8) is 0 Å². The standard InChI is InChI=1S/C22H24N2O4S2/c1-4-13-24-19-12-7-16(2)15-20(19)29-22(24)23-21(25)6-5-14-30(26,27)18-10-8-17(28-3)9-11-18/h4,7-12,15H,1,5-6,13-14H2,2-3H3. The second-order valence-electron chi connectivity index (χ2n) is 6.86. The van der Waals surface area contributed by atoms with Crippen molar-refractivity contribution in [1.82, 2.24) is 4.57 Å². The smallest absolute Gasteiger partial charge is 0.248 e. The topological polar surface area (TPSA) is 77.7 Å². The number of fused-ring (bicyclic) bond motifs is 1. The lowest BCUT2D eigenvalue weighted by atomic mass is 10.2. The molecule has 1 heterocycles. The number of hydrogen-bond acceptors (Lipinski definition) is 5. The second kappa shape index (κ2) is 9.40. The van der Waals surface area contributed by atoms with E-state index in [-0.39, 0.29) is 29.4 Å². The molecule has 30 heavy (non-hydrogen) atoms. The lowest BCUT2D eigenvalue weighted by molar-refractivity contribution is -0.118. The van der Waals surface area contributed by atoms with Crippen LogP contribution in [0.15, 0.2) is 65.0 Å². The minimum absolute atomic E-state index is 0.0662. The van der Waals surface area contributed by atoms with E-state index in [1.54, 1.807) is 18.2 Å². The number of aryl methyl sites for hydroxylation is 1. The molecule has 0 atom stereocenters. The van der Waals surface area contributed by atoms with E-state index in [9.17, 15) is 13.2 Å². The normalized spacial score (nSPS) is 12.3. The minimum atomic E-state index is -3.46. The van der Waals surface area contributed by atoms with Gasteiger partial charge in [0.2, 0.25) is 5.91 Å². The molecule has 0 aliphatic rings. The fourth-order valence-corrected chi connectivity index (χ4v) is 5.51. The summed E-state index contributed by atoms with van der Waals surface area (Å²) in [6.07, 6.45) is 2.04. The third-order valence-electron chi connectivity index (χ3n) is 4.59. The van der Waals surface area contributed by atoms with E-state index in [2.05, 4.69) is 17.6 Å². The van der Waals surface area contributed by atoms with Gasteiger partial charge in [-0.2, -0.15) is 4.99 Å². The Kier molecular flexibility index (Phi) is 6.89. The predicted octanol–water partition coefficient (Wildman–Crippen LogP) is 3.89. The Labute approximate surface area is 180 Å². The summed E-state index contributed by atoms with van der Waals surface area (Å²) in [5.74, 6) is 0.147. The Morgan fingerprint density at radius 1 is 1.23 bits per heavy atom. The number of thiazole rings is 1. The molecule has 158 valence electrons. The van der Waals surface area contributed by atoms with Gasteiger partial charge in [0.25, 0.3) is 0 Å². The summed E-state index contributed by atoms with van der Waals surface area (Å²) >= 11 is 1.44.